The van der Waals surface area contributed by atoms with Crippen LogP contribution in [-0.2, 0) is 0 Å². The minimum absolute atomic E-state index is 0.108. The summed E-state index contributed by atoms with van der Waals surface area (Å²) in [6.07, 6.45) is 1.86. The summed E-state index contributed by atoms with van der Waals surface area (Å²) in [5.74, 6) is 0. The molecule has 2 rings (SSSR count). The van der Waals surface area contributed by atoms with Crippen molar-refractivity contribution in [3.05, 3.63) is 76.2 Å². The molecule has 0 radical (unpaired) electrons. The summed E-state index contributed by atoms with van der Waals surface area (Å²) in [6.45, 7) is 2.06. The van der Waals surface area contributed by atoms with Gasteiger partial charge in [-0.25, -0.2) is 0 Å². The SMILES string of the molecule is C[C@@H](N=Cc1ccccc1[Se]N=[N+]=[N-])c1ccccc1. The molecule has 0 heterocycles. The van der Waals surface area contributed by atoms with Crippen molar-refractivity contribution in [3.63, 3.8) is 0 Å². The molecular formula is C15H14N4Se. The Morgan fingerprint density at radius 2 is 1.80 bits per heavy atom. The molecule has 0 fully saturated rings. The first-order valence-corrected chi connectivity index (χ1v) is 7.82. The van der Waals surface area contributed by atoms with E-state index in [0.29, 0.717) is 0 Å². The van der Waals surface area contributed by atoms with Crippen molar-refractivity contribution in [3.8, 4) is 0 Å². The number of hydrogen-bond acceptors (Lipinski definition) is 2. The van der Waals surface area contributed by atoms with Gasteiger partial charge in [-0.2, -0.15) is 0 Å². The first-order valence-electron chi connectivity index (χ1n) is 6.20. The molecule has 100 valence electrons. The molecular weight excluding hydrogens is 315 g/mol. The van der Waals surface area contributed by atoms with Crippen LogP contribution in [-0.4, -0.2) is 21.4 Å². The summed E-state index contributed by atoms with van der Waals surface area (Å²) in [6, 6.07) is 18.1. The summed E-state index contributed by atoms with van der Waals surface area (Å²) < 4.78 is 4.71. The number of azide groups is 1. The molecule has 0 aromatic heterocycles. The van der Waals surface area contributed by atoms with Crippen LogP contribution in [0.5, 0.6) is 0 Å². The Labute approximate surface area is 124 Å². The van der Waals surface area contributed by atoms with Crippen LogP contribution in [0.3, 0.4) is 0 Å². The summed E-state index contributed by atoms with van der Waals surface area (Å²) in [5, 5.41) is 0. The van der Waals surface area contributed by atoms with E-state index in [0.717, 1.165) is 10.0 Å². The normalized spacial score (nSPS) is 12.1. The molecule has 0 N–H and O–H groups in total. The van der Waals surface area contributed by atoms with E-state index in [2.05, 4.69) is 33.1 Å². The van der Waals surface area contributed by atoms with E-state index in [1.54, 1.807) is 0 Å². The van der Waals surface area contributed by atoms with Gasteiger partial charge in [-0.3, -0.25) is 0 Å². The van der Waals surface area contributed by atoms with E-state index in [9.17, 15) is 0 Å². The molecule has 5 heteroatoms. The number of rotatable bonds is 5. The van der Waals surface area contributed by atoms with Gasteiger partial charge in [0.05, 0.1) is 0 Å². The van der Waals surface area contributed by atoms with Crippen LogP contribution in [0.1, 0.15) is 24.1 Å². The fourth-order valence-electron chi connectivity index (χ4n) is 1.74. The van der Waals surface area contributed by atoms with Crippen molar-refractivity contribution in [2.24, 2.45) is 9.12 Å². The first-order chi connectivity index (χ1) is 9.81. The Hall–Kier alpha value is -2.06. The Morgan fingerprint density at radius 3 is 2.55 bits per heavy atom. The molecule has 0 bridgehead atoms. The molecule has 0 saturated carbocycles. The Balaban J connectivity index is 2.17. The van der Waals surface area contributed by atoms with E-state index in [-0.39, 0.29) is 21.2 Å². The van der Waals surface area contributed by atoms with E-state index in [1.165, 1.54) is 5.56 Å². The van der Waals surface area contributed by atoms with Crippen molar-refractivity contribution in [1.29, 1.82) is 0 Å². The first kappa shape index (κ1) is 14.4. The molecule has 4 nitrogen and oxygen atoms in total. The summed E-state index contributed by atoms with van der Waals surface area (Å²) in [5.41, 5.74) is 10.6. The van der Waals surface area contributed by atoms with Crippen molar-refractivity contribution in [2.45, 2.75) is 13.0 Å². The average Bonchev–Trinajstić information content (AvgIpc) is 2.52. The van der Waals surface area contributed by atoms with Gasteiger partial charge < -0.3 is 0 Å². The second-order valence-corrected chi connectivity index (χ2v) is 5.81. The van der Waals surface area contributed by atoms with Crippen LogP contribution in [0.2, 0.25) is 0 Å². The zero-order valence-electron chi connectivity index (χ0n) is 11.0. The predicted octanol–water partition coefficient (Wildman–Crippen LogP) is 3.42. The molecule has 2 aromatic carbocycles. The van der Waals surface area contributed by atoms with Crippen molar-refractivity contribution in [1.82, 2.24) is 0 Å². The Bertz CT molecular complexity index is 633. The van der Waals surface area contributed by atoms with Gasteiger partial charge >= 0.3 is 124 Å². The monoisotopic (exact) mass is 330 g/mol. The van der Waals surface area contributed by atoms with Crippen LogP contribution in [0.4, 0.5) is 0 Å². The molecule has 20 heavy (non-hydrogen) atoms. The Morgan fingerprint density at radius 1 is 1.10 bits per heavy atom. The quantitative estimate of drug-likeness (QED) is 0.265. The van der Waals surface area contributed by atoms with Gasteiger partial charge in [-0.1, -0.05) is 0 Å². The minimum atomic E-state index is -0.229. The molecule has 0 spiro atoms. The zero-order valence-corrected chi connectivity index (χ0v) is 12.8. The third-order valence-electron chi connectivity index (χ3n) is 2.81. The van der Waals surface area contributed by atoms with Gasteiger partial charge in [0.2, 0.25) is 0 Å². The van der Waals surface area contributed by atoms with Crippen LogP contribution in [0.15, 0.2) is 63.7 Å². The number of aliphatic imine (C=N–C) groups is 1. The van der Waals surface area contributed by atoms with Crippen LogP contribution >= 0.6 is 0 Å². The molecule has 0 aliphatic heterocycles. The standard InChI is InChI=1S/C15H14N4Se/c1-12(13-7-3-2-4-8-13)17-11-14-9-5-6-10-15(14)20-19-18-16/h2-12H,1H3/t12-/m1/s1. The van der Waals surface area contributed by atoms with Crippen molar-refractivity contribution in [2.75, 3.05) is 0 Å². The summed E-state index contributed by atoms with van der Waals surface area (Å²) in [4.78, 5) is 7.41. The second-order valence-electron chi connectivity index (χ2n) is 4.17. The van der Waals surface area contributed by atoms with Gasteiger partial charge in [0.1, 0.15) is 0 Å². The number of benzene rings is 2. The predicted molar refractivity (Wildman–Crippen MR) is 83.4 cm³/mol. The van der Waals surface area contributed by atoms with E-state index in [4.69, 9.17) is 5.53 Å². The zero-order chi connectivity index (χ0) is 14.2. The summed E-state index contributed by atoms with van der Waals surface area (Å²) in [7, 11) is 0. The van der Waals surface area contributed by atoms with Gasteiger partial charge in [-0.15, -0.1) is 0 Å². The molecule has 0 amide bonds. The van der Waals surface area contributed by atoms with Crippen LogP contribution in [0, 0.1) is 0 Å². The molecule has 0 unspecified atom stereocenters. The van der Waals surface area contributed by atoms with Crippen LogP contribution in [0.25, 0.3) is 10.4 Å². The third kappa shape index (κ3) is 3.97. The van der Waals surface area contributed by atoms with Gasteiger partial charge in [0.15, 0.2) is 0 Å². The molecule has 0 aliphatic rings. The maximum absolute atomic E-state index is 8.43. The third-order valence-corrected chi connectivity index (χ3v) is 4.33. The van der Waals surface area contributed by atoms with Crippen LogP contribution < -0.4 is 4.46 Å². The maximum atomic E-state index is 8.43. The van der Waals surface area contributed by atoms with E-state index in [1.807, 2.05) is 48.7 Å². The second kappa shape index (κ2) is 7.51. The van der Waals surface area contributed by atoms with E-state index < -0.39 is 0 Å². The number of nitrogens with zero attached hydrogens (tertiary/aromatic N) is 4. The molecule has 2 aromatic rings. The summed E-state index contributed by atoms with van der Waals surface area (Å²) >= 11 is -0.229. The van der Waals surface area contributed by atoms with Gasteiger partial charge in [-0.05, 0) is 0 Å². The Kier molecular flexibility index (Phi) is 5.39. The topological polar surface area (TPSA) is 61.1 Å². The van der Waals surface area contributed by atoms with E-state index >= 15 is 0 Å². The molecule has 0 saturated heterocycles. The van der Waals surface area contributed by atoms with Gasteiger partial charge in [0, 0.05) is 0 Å². The van der Waals surface area contributed by atoms with Gasteiger partial charge in [0.25, 0.3) is 0 Å². The molecule has 1 atom stereocenters. The fraction of sp³-hybridized carbons (Fsp3) is 0.133. The van der Waals surface area contributed by atoms with Crippen molar-refractivity contribution >= 4 is 25.9 Å². The average molecular weight is 329 g/mol. The fourth-order valence-corrected chi connectivity index (χ4v) is 2.77. The number of hydrogen-bond donors (Lipinski definition) is 0. The molecule has 0 aliphatic carbocycles. The van der Waals surface area contributed by atoms with Crippen molar-refractivity contribution < 1.29 is 0 Å².